The number of hydrogen-bond donors (Lipinski definition) is 4. The Kier molecular flexibility index (Phi) is 9.89. The van der Waals surface area contributed by atoms with Gasteiger partial charge in [0.25, 0.3) is 11.8 Å². The monoisotopic (exact) mass is 436 g/mol. The summed E-state index contributed by atoms with van der Waals surface area (Å²) in [5, 5.41) is 15.1. The second-order valence-corrected chi connectivity index (χ2v) is 7.68. The van der Waals surface area contributed by atoms with Crippen molar-refractivity contribution in [3.05, 3.63) is 71.3 Å². The fraction of sp³-hybridized carbons (Fsp3) is 0.360. The van der Waals surface area contributed by atoms with Crippen molar-refractivity contribution in [2.24, 2.45) is 0 Å². The van der Waals surface area contributed by atoms with E-state index >= 15 is 0 Å². The molecule has 2 aromatic carbocycles. The summed E-state index contributed by atoms with van der Waals surface area (Å²) in [4.78, 5) is 26.9. The molecule has 170 valence electrons. The third-order valence-electron chi connectivity index (χ3n) is 5.33. The lowest BCUT2D eigenvalue weighted by molar-refractivity contribution is -0.131. The molecule has 0 spiro atoms. The van der Waals surface area contributed by atoms with Gasteiger partial charge in [-0.25, -0.2) is 5.48 Å². The van der Waals surface area contributed by atoms with E-state index in [0.29, 0.717) is 5.56 Å². The minimum Gasteiger partial charge on any atom is -0.339 e. The standard InChI is InChI=1S/C24H28N4O3.CH4/c1-28-15-13-21(14-16-28)25-17-22(24(30)27-31)26-23(29)20-11-9-19(10-12-20)8-7-18-5-3-2-4-6-18;/h2-6,9-12,21-22,25,31H,13-17H2,1H3,(H,26,29)(H,27,30);1H4/t22-;/m0./s1. The summed E-state index contributed by atoms with van der Waals surface area (Å²) in [5.41, 5.74) is 3.76. The van der Waals surface area contributed by atoms with Gasteiger partial charge in [-0.1, -0.05) is 37.5 Å². The van der Waals surface area contributed by atoms with Crippen LogP contribution in [-0.4, -0.2) is 60.7 Å². The molecule has 4 N–H and O–H groups in total. The van der Waals surface area contributed by atoms with Gasteiger partial charge in [0, 0.05) is 29.3 Å². The lowest BCUT2D eigenvalue weighted by Gasteiger charge is -2.30. The van der Waals surface area contributed by atoms with Crippen molar-refractivity contribution < 1.29 is 14.8 Å². The molecule has 0 aromatic heterocycles. The summed E-state index contributed by atoms with van der Waals surface area (Å²) >= 11 is 0. The molecular weight excluding hydrogens is 404 g/mol. The van der Waals surface area contributed by atoms with Crippen molar-refractivity contribution in [1.29, 1.82) is 0 Å². The van der Waals surface area contributed by atoms with Crippen molar-refractivity contribution in [1.82, 2.24) is 21.0 Å². The van der Waals surface area contributed by atoms with Crippen LogP contribution in [0.15, 0.2) is 54.6 Å². The van der Waals surface area contributed by atoms with Crippen LogP contribution < -0.4 is 16.1 Å². The van der Waals surface area contributed by atoms with Crippen molar-refractivity contribution in [3.63, 3.8) is 0 Å². The highest BCUT2D eigenvalue weighted by Gasteiger charge is 2.23. The Labute approximate surface area is 190 Å². The number of likely N-dealkylation sites (tertiary alicyclic amines) is 1. The third-order valence-corrected chi connectivity index (χ3v) is 5.33. The van der Waals surface area contributed by atoms with Crippen LogP contribution >= 0.6 is 0 Å². The van der Waals surface area contributed by atoms with E-state index in [1.807, 2.05) is 30.3 Å². The van der Waals surface area contributed by atoms with E-state index in [2.05, 4.69) is 34.4 Å². The lowest BCUT2D eigenvalue weighted by Crippen LogP contribution is -2.53. The average Bonchev–Trinajstić information content (AvgIpc) is 2.81. The summed E-state index contributed by atoms with van der Waals surface area (Å²) in [5.74, 6) is 5.09. The summed E-state index contributed by atoms with van der Waals surface area (Å²) in [6.45, 7) is 2.22. The van der Waals surface area contributed by atoms with Crippen LogP contribution in [0.1, 0.15) is 41.8 Å². The molecule has 0 radical (unpaired) electrons. The van der Waals surface area contributed by atoms with Gasteiger partial charge in [-0.15, -0.1) is 0 Å². The van der Waals surface area contributed by atoms with E-state index < -0.39 is 11.9 Å². The highest BCUT2D eigenvalue weighted by atomic mass is 16.5. The Hall–Kier alpha value is -3.18. The van der Waals surface area contributed by atoms with Gasteiger partial charge in [-0.05, 0) is 69.4 Å². The topological polar surface area (TPSA) is 93.7 Å². The van der Waals surface area contributed by atoms with Crippen molar-refractivity contribution in [2.75, 3.05) is 26.7 Å². The summed E-state index contributed by atoms with van der Waals surface area (Å²) < 4.78 is 0. The second kappa shape index (κ2) is 12.6. The van der Waals surface area contributed by atoms with Gasteiger partial charge in [-0.2, -0.15) is 0 Å². The highest BCUT2D eigenvalue weighted by Crippen LogP contribution is 2.08. The number of nitrogens with zero attached hydrogens (tertiary/aromatic N) is 1. The van der Waals surface area contributed by atoms with Crippen LogP contribution in [0.2, 0.25) is 0 Å². The van der Waals surface area contributed by atoms with Crippen molar-refractivity contribution in [3.8, 4) is 11.8 Å². The lowest BCUT2D eigenvalue weighted by atomic mass is 10.1. The fourth-order valence-electron chi connectivity index (χ4n) is 3.40. The Morgan fingerprint density at radius 3 is 2.22 bits per heavy atom. The Balaban J connectivity index is 0.00000363. The SMILES string of the molecule is C.CN1CCC(NC[C@H](NC(=O)c2ccc(C#Cc3ccccc3)cc2)C(=O)NO)CC1. The second-order valence-electron chi connectivity index (χ2n) is 7.68. The molecule has 1 heterocycles. The van der Waals surface area contributed by atoms with Crippen LogP contribution in [0.25, 0.3) is 0 Å². The van der Waals surface area contributed by atoms with E-state index in [1.54, 1.807) is 29.7 Å². The maximum Gasteiger partial charge on any atom is 0.267 e. The first kappa shape index (κ1) is 25.1. The Morgan fingerprint density at radius 1 is 1.03 bits per heavy atom. The molecule has 0 aliphatic carbocycles. The van der Waals surface area contributed by atoms with Gasteiger partial charge in [0.2, 0.25) is 0 Å². The molecule has 3 rings (SSSR count). The van der Waals surface area contributed by atoms with Gasteiger partial charge in [-0.3, -0.25) is 14.8 Å². The Morgan fingerprint density at radius 2 is 1.62 bits per heavy atom. The van der Waals surface area contributed by atoms with E-state index in [9.17, 15) is 9.59 Å². The number of amides is 2. The van der Waals surface area contributed by atoms with Crippen molar-refractivity contribution in [2.45, 2.75) is 32.4 Å². The van der Waals surface area contributed by atoms with Crippen LogP contribution in [0.5, 0.6) is 0 Å². The normalized spacial score (nSPS) is 14.9. The molecule has 0 bridgehead atoms. The zero-order valence-corrected chi connectivity index (χ0v) is 17.6. The number of hydroxylamine groups is 1. The maximum absolute atomic E-state index is 12.6. The van der Waals surface area contributed by atoms with Gasteiger partial charge in [0.05, 0.1) is 0 Å². The van der Waals surface area contributed by atoms with Gasteiger partial charge >= 0.3 is 0 Å². The minimum absolute atomic E-state index is 0. The molecule has 1 saturated heterocycles. The molecule has 2 aromatic rings. The van der Waals surface area contributed by atoms with Crippen LogP contribution in [0, 0.1) is 11.8 Å². The zero-order chi connectivity index (χ0) is 22.1. The molecule has 32 heavy (non-hydrogen) atoms. The first-order valence-electron chi connectivity index (χ1n) is 10.4. The number of piperidine rings is 1. The van der Waals surface area contributed by atoms with E-state index in [-0.39, 0.29) is 25.9 Å². The molecule has 7 nitrogen and oxygen atoms in total. The molecular formula is C25H32N4O3. The third kappa shape index (κ3) is 7.50. The maximum atomic E-state index is 12.6. The first-order valence-corrected chi connectivity index (χ1v) is 10.4. The number of carbonyl (C=O) groups excluding carboxylic acids is 2. The largest absolute Gasteiger partial charge is 0.339 e. The molecule has 1 aliphatic rings. The fourth-order valence-corrected chi connectivity index (χ4v) is 3.40. The summed E-state index contributed by atoms with van der Waals surface area (Å²) in [7, 11) is 2.08. The average molecular weight is 437 g/mol. The van der Waals surface area contributed by atoms with Crippen LogP contribution in [-0.2, 0) is 4.79 Å². The van der Waals surface area contributed by atoms with E-state index in [4.69, 9.17) is 5.21 Å². The van der Waals surface area contributed by atoms with Crippen LogP contribution in [0.3, 0.4) is 0 Å². The highest BCUT2D eigenvalue weighted by molar-refractivity contribution is 5.97. The molecule has 2 amide bonds. The van der Waals surface area contributed by atoms with Gasteiger partial charge in [0.15, 0.2) is 0 Å². The summed E-state index contributed by atoms with van der Waals surface area (Å²) in [6.07, 6.45) is 1.95. The molecule has 1 fully saturated rings. The number of carbonyl (C=O) groups is 2. The quantitative estimate of drug-likeness (QED) is 0.316. The van der Waals surface area contributed by atoms with E-state index in [1.165, 1.54) is 0 Å². The molecule has 1 aliphatic heterocycles. The van der Waals surface area contributed by atoms with Crippen LogP contribution in [0.4, 0.5) is 0 Å². The predicted molar refractivity (Wildman–Crippen MR) is 125 cm³/mol. The predicted octanol–water partition coefficient (Wildman–Crippen LogP) is 2.01. The molecule has 1 atom stereocenters. The van der Waals surface area contributed by atoms with Gasteiger partial charge < -0.3 is 15.5 Å². The molecule has 0 saturated carbocycles. The van der Waals surface area contributed by atoms with E-state index in [0.717, 1.165) is 37.1 Å². The van der Waals surface area contributed by atoms with Crippen molar-refractivity contribution >= 4 is 11.8 Å². The zero-order valence-electron chi connectivity index (χ0n) is 17.6. The Bertz CT molecular complexity index is 927. The number of rotatable bonds is 6. The molecule has 7 heteroatoms. The smallest absolute Gasteiger partial charge is 0.267 e. The minimum atomic E-state index is -0.880. The molecule has 0 unspecified atom stereocenters. The van der Waals surface area contributed by atoms with Gasteiger partial charge in [0.1, 0.15) is 6.04 Å². The summed E-state index contributed by atoms with van der Waals surface area (Å²) in [6, 6.07) is 15.9. The first-order chi connectivity index (χ1) is 15.0. The number of nitrogens with one attached hydrogen (secondary N) is 3. The number of benzene rings is 2. The number of hydrogen-bond acceptors (Lipinski definition) is 5.